The summed E-state index contributed by atoms with van der Waals surface area (Å²) >= 11 is 5.46. The Hall–Kier alpha value is -3.40. The molecule has 0 aromatic heterocycles. The van der Waals surface area contributed by atoms with Crippen molar-refractivity contribution in [2.75, 3.05) is 13.2 Å². The Morgan fingerprint density at radius 1 is 0.643 bits per heavy atom. The molecule has 4 aromatic rings. The molecule has 0 aliphatic carbocycles. The van der Waals surface area contributed by atoms with Gasteiger partial charge in [-0.15, -0.1) is 0 Å². The Morgan fingerprint density at radius 3 is 1.50 bits per heavy atom. The highest BCUT2D eigenvalue weighted by Gasteiger charge is 2.28. The van der Waals surface area contributed by atoms with E-state index in [2.05, 4.69) is 44.9 Å². The Balaban J connectivity index is 0.000000191. The van der Waals surface area contributed by atoms with Gasteiger partial charge in [0, 0.05) is 36.4 Å². The minimum atomic E-state index is -0.451. The largest absolute Gasteiger partial charge is 0.508 e. The van der Waals surface area contributed by atoms with Crippen molar-refractivity contribution in [3.8, 4) is 11.5 Å². The van der Waals surface area contributed by atoms with Crippen LogP contribution < -0.4 is 4.74 Å². The summed E-state index contributed by atoms with van der Waals surface area (Å²) in [5.74, 6) is 0.634. The molecule has 4 aromatic carbocycles. The maximum atomic E-state index is 11.3. The predicted octanol–water partition coefficient (Wildman–Crippen LogP) is 6.57. The fourth-order valence-corrected chi connectivity index (χ4v) is 5.80. The molecule has 1 N–H and O–H groups in total. The number of phenols is 1. The summed E-state index contributed by atoms with van der Waals surface area (Å²) in [6.07, 6.45) is 0.995. The number of hydrogen-bond acceptors (Lipinski definition) is 6. The minimum Gasteiger partial charge on any atom is -0.508 e. The zero-order valence-corrected chi connectivity index (χ0v) is 25.5. The highest BCUT2D eigenvalue weighted by atomic mass is 79.9. The third-order valence-electron chi connectivity index (χ3n) is 5.75. The van der Waals surface area contributed by atoms with E-state index in [0.717, 1.165) is 18.2 Å². The van der Waals surface area contributed by atoms with Gasteiger partial charge in [0.05, 0.1) is 13.2 Å². The van der Waals surface area contributed by atoms with Gasteiger partial charge in [-0.05, 0) is 72.8 Å². The van der Waals surface area contributed by atoms with Crippen LogP contribution in [0.2, 0.25) is 0 Å². The lowest BCUT2D eigenvalue weighted by atomic mass is 10.3. The number of aromatic hydroxyl groups is 1. The number of cyclic esters (lactones) is 2. The van der Waals surface area contributed by atoms with Crippen LogP contribution in [0.5, 0.6) is 11.5 Å². The molecule has 6 rings (SSSR count). The lowest BCUT2D eigenvalue weighted by Gasteiger charge is -2.09. The van der Waals surface area contributed by atoms with Gasteiger partial charge in [-0.3, -0.25) is 4.79 Å². The van der Waals surface area contributed by atoms with Gasteiger partial charge in [0.25, 0.3) is 0 Å². The van der Waals surface area contributed by atoms with E-state index in [9.17, 15) is 9.59 Å². The zero-order chi connectivity index (χ0) is 28.9. The molecular formula is C33H35BrO6S2+2. The Kier molecular flexibility index (Phi) is 13.8. The number of halogens is 1. The molecule has 2 heterocycles. The summed E-state index contributed by atoms with van der Waals surface area (Å²) in [6.45, 7) is 1.03. The molecule has 2 saturated heterocycles. The lowest BCUT2D eigenvalue weighted by Crippen LogP contribution is -2.21. The number of carbonyl (C=O) groups excluding carboxylic acids is 2. The second-order valence-corrected chi connectivity index (χ2v) is 12.5. The van der Waals surface area contributed by atoms with Crippen LogP contribution in [0.25, 0.3) is 0 Å². The quantitative estimate of drug-likeness (QED) is 0.108. The molecule has 2 aliphatic rings. The minimum absolute atomic E-state index is 0. The SMILES string of the molecule is C.O=C1OCCC1Br.O=C1OCCC1Oc1ccc([SH+]c2ccccc2)cc1.Oc1ccc([SH+]c2ccccc2)cc1. The molecule has 6 nitrogen and oxygen atoms in total. The number of hydrogen-bond donors (Lipinski definition) is 1. The monoisotopic (exact) mass is 670 g/mol. The van der Waals surface area contributed by atoms with Crippen LogP contribution in [-0.4, -0.2) is 41.2 Å². The van der Waals surface area contributed by atoms with E-state index in [-0.39, 0.29) is 24.2 Å². The van der Waals surface area contributed by atoms with Crippen LogP contribution in [0, 0.1) is 0 Å². The van der Waals surface area contributed by atoms with Gasteiger partial charge >= 0.3 is 11.9 Å². The average Bonchev–Trinajstić information content (AvgIpc) is 3.58. The molecule has 0 radical (unpaired) electrons. The normalized spacial score (nSPS) is 16.9. The van der Waals surface area contributed by atoms with Crippen molar-refractivity contribution < 1.29 is 28.9 Å². The van der Waals surface area contributed by atoms with Gasteiger partial charge in [-0.1, -0.05) is 59.8 Å². The van der Waals surface area contributed by atoms with E-state index in [1.54, 1.807) is 12.1 Å². The third kappa shape index (κ3) is 11.1. The van der Waals surface area contributed by atoms with E-state index in [0.29, 0.717) is 31.1 Å². The van der Waals surface area contributed by atoms with Crippen LogP contribution in [-0.2, 0) is 42.6 Å². The summed E-state index contributed by atoms with van der Waals surface area (Å²) in [5.41, 5.74) is 0. The Labute approximate surface area is 263 Å². The first-order chi connectivity index (χ1) is 20.0. The summed E-state index contributed by atoms with van der Waals surface area (Å²) in [7, 11) is 0. The first-order valence-electron chi connectivity index (χ1n) is 13.0. The molecule has 2 aliphatic heterocycles. The van der Waals surface area contributed by atoms with E-state index in [1.807, 2.05) is 72.8 Å². The molecule has 2 atom stereocenters. The van der Waals surface area contributed by atoms with Crippen molar-refractivity contribution in [2.45, 2.75) is 50.8 Å². The molecule has 0 saturated carbocycles. The summed E-state index contributed by atoms with van der Waals surface area (Å²) in [5, 5.41) is 9.12. The number of carbonyl (C=O) groups is 2. The number of rotatable bonds is 6. The van der Waals surface area contributed by atoms with Gasteiger partial charge in [0.1, 0.15) is 16.3 Å². The standard InChI is InChI=1S/C16H14O3S.C12H10OS.C4H5BrO2.CH4/c17-16-15(10-11-18-16)19-12-6-8-14(9-7-12)20-13-4-2-1-3-5-13;13-10-6-8-12(9-7-10)14-11-4-2-1-3-5-11;5-3-1-2-7-4(3)6;/h1-9,15H,10-11H2;1-9,13H;3H,1-2H2;1H4/p+2. The van der Waals surface area contributed by atoms with Gasteiger partial charge in [0.2, 0.25) is 0 Å². The lowest BCUT2D eigenvalue weighted by molar-refractivity contribution is -0.143. The fraction of sp³-hybridized carbons (Fsp3) is 0.212. The first-order valence-corrected chi connectivity index (χ1v) is 15.7. The molecule has 9 heteroatoms. The highest BCUT2D eigenvalue weighted by Crippen LogP contribution is 2.21. The fourth-order valence-electron chi connectivity index (χ4n) is 3.65. The van der Waals surface area contributed by atoms with Crippen LogP contribution in [0.3, 0.4) is 0 Å². The van der Waals surface area contributed by atoms with Crippen molar-refractivity contribution in [1.82, 2.24) is 0 Å². The van der Waals surface area contributed by atoms with Crippen molar-refractivity contribution in [3.05, 3.63) is 109 Å². The summed E-state index contributed by atoms with van der Waals surface area (Å²) < 4.78 is 15.1. The van der Waals surface area contributed by atoms with Gasteiger partial charge in [0.15, 0.2) is 25.7 Å². The number of thiol groups is 2. The Bertz CT molecular complexity index is 1370. The maximum absolute atomic E-state index is 11.3. The number of benzene rings is 4. The van der Waals surface area contributed by atoms with Crippen LogP contribution >= 0.6 is 15.9 Å². The van der Waals surface area contributed by atoms with Crippen molar-refractivity contribution in [2.24, 2.45) is 0 Å². The Morgan fingerprint density at radius 2 is 1.10 bits per heavy atom. The second kappa shape index (κ2) is 17.5. The van der Waals surface area contributed by atoms with Gasteiger partial charge < -0.3 is 19.3 Å². The molecule has 42 heavy (non-hydrogen) atoms. The van der Waals surface area contributed by atoms with E-state index < -0.39 is 6.10 Å². The van der Waals surface area contributed by atoms with E-state index >= 15 is 0 Å². The molecule has 2 fully saturated rings. The summed E-state index contributed by atoms with van der Waals surface area (Å²) in [6, 6.07) is 35.7. The molecule has 2 unspecified atom stereocenters. The number of alkyl halides is 1. The summed E-state index contributed by atoms with van der Waals surface area (Å²) in [4.78, 5) is 26.5. The molecule has 0 amide bonds. The van der Waals surface area contributed by atoms with Crippen LogP contribution in [0.15, 0.2) is 129 Å². The number of ether oxygens (including phenoxy) is 3. The maximum Gasteiger partial charge on any atom is 0.347 e. The van der Waals surface area contributed by atoms with E-state index in [1.165, 1.54) is 31.3 Å². The molecule has 0 spiro atoms. The molecule has 220 valence electrons. The topological polar surface area (TPSA) is 82.1 Å². The highest BCUT2D eigenvalue weighted by molar-refractivity contribution is 9.10. The number of phenolic OH excluding ortho intramolecular Hbond substituents is 1. The van der Waals surface area contributed by atoms with Crippen molar-refractivity contribution in [1.29, 1.82) is 0 Å². The van der Waals surface area contributed by atoms with Gasteiger partial charge in [-0.25, -0.2) is 4.79 Å². The predicted molar refractivity (Wildman–Crippen MR) is 173 cm³/mol. The van der Waals surface area contributed by atoms with E-state index in [4.69, 9.17) is 14.6 Å². The average molecular weight is 672 g/mol. The van der Waals surface area contributed by atoms with Gasteiger partial charge in [-0.2, -0.15) is 0 Å². The molecule has 0 bridgehead atoms. The second-order valence-electron chi connectivity index (χ2n) is 8.89. The first kappa shape index (κ1) is 33.1. The van der Waals surface area contributed by atoms with Crippen molar-refractivity contribution in [3.63, 3.8) is 0 Å². The van der Waals surface area contributed by atoms with Crippen LogP contribution in [0.1, 0.15) is 20.3 Å². The number of esters is 2. The third-order valence-corrected chi connectivity index (χ3v) is 8.81. The van der Waals surface area contributed by atoms with Crippen molar-refractivity contribution >= 4 is 51.4 Å². The smallest absolute Gasteiger partial charge is 0.347 e. The molecular weight excluding hydrogens is 636 g/mol. The van der Waals surface area contributed by atoms with Crippen LogP contribution in [0.4, 0.5) is 0 Å². The zero-order valence-electron chi connectivity index (χ0n) is 22.1.